The van der Waals surface area contributed by atoms with E-state index in [4.69, 9.17) is 11.6 Å². The Hall–Kier alpha value is -1.88. The van der Waals surface area contributed by atoms with Crippen molar-refractivity contribution in [3.05, 3.63) is 40.8 Å². The number of nitrogens with one attached hydrogen (secondary N) is 2. The van der Waals surface area contributed by atoms with Crippen molar-refractivity contribution in [1.82, 2.24) is 9.97 Å². The van der Waals surface area contributed by atoms with Crippen LogP contribution in [0.2, 0.25) is 5.02 Å². The molecule has 6 heteroatoms. The highest BCUT2D eigenvalue weighted by Gasteiger charge is 2.08. The third kappa shape index (κ3) is 3.32. The van der Waals surface area contributed by atoms with Gasteiger partial charge in [-0.25, -0.2) is 9.37 Å². The van der Waals surface area contributed by atoms with Gasteiger partial charge in [0, 0.05) is 6.54 Å². The Labute approximate surface area is 116 Å². The van der Waals surface area contributed by atoms with E-state index in [-0.39, 0.29) is 5.82 Å². The lowest BCUT2D eigenvalue weighted by Crippen LogP contribution is -2.05. The summed E-state index contributed by atoms with van der Waals surface area (Å²) < 4.78 is 13.7. The molecule has 2 N–H and O–H groups in total. The SMILES string of the molecule is CCNc1ncc(Cl)c(Nc2cc(C)ccc2F)n1. The number of hydrogen-bond donors (Lipinski definition) is 2. The van der Waals surface area contributed by atoms with Gasteiger partial charge in [-0.3, -0.25) is 0 Å². The number of benzene rings is 1. The lowest BCUT2D eigenvalue weighted by molar-refractivity contribution is 0.631. The molecule has 19 heavy (non-hydrogen) atoms. The van der Waals surface area contributed by atoms with E-state index in [0.29, 0.717) is 29.0 Å². The van der Waals surface area contributed by atoms with Crippen molar-refractivity contribution in [1.29, 1.82) is 0 Å². The van der Waals surface area contributed by atoms with E-state index in [1.165, 1.54) is 12.3 Å². The molecule has 0 atom stereocenters. The van der Waals surface area contributed by atoms with Crippen LogP contribution >= 0.6 is 11.6 Å². The predicted molar refractivity (Wildman–Crippen MR) is 75.6 cm³/mol. The molecule has 0 fully saturated rings. The lowest BCUT2D eigenvalue weighted by Gasteiger charge is -2.10. The van der Waals surface area contributed by atoms with Crippen LogP contribution in [0.4, 0.5) is 21.8 Å². The van der Waals surface area contributed by atoms with Crippen molar-refractivity contribution in [2.24, 2.45) is 0 Å². The zero-order valence-corrected chi connectivity index (χ0v) is 11.4. The highest BCUT2D eigenvalue weighted by atomic mass is 35.5. The summed E-state index contributed by atoms with van der Waals surface area (Å²) in [4.78, 5) is 8.22. The fraction of sp³-hybridized carbons (Fsp3) is 0.231. The summed E-state index contributed by atoms with van der Waals surface area (Å²) in [7, 11) is 0. The molecule has 0 saturated heterocycles. The Morgan fingerprint density at radius 3 is 2.89 bits per heavy atom. The molecule has 0 aliphatic heterocycles. The zero-order chi connectivity index (χ0) is 13.8. The number of nitrogens with zero attached hydrogens (tertiary/aromatic N) is 2. The summed E-state index contributed by atoms with van der Waals surface area (Å²) in [6.45, 7) is 4.52. The van der Waals surface area contributed by atoms with Crippen LogP contribution < -0.4 is 10.6 Å². The molecule has 4 nitrogen and oxygen atoms in total. The van der Waals surface area contributed by atoms with Gasteiger partial charge in [0.1, 0.15) is 10.8 Å². The van der Waals surface area contributed by atoms with Gasteiger partial charge in [0.05, 0.1) is 11.9 Å². The largest absolute Gasteiger partial charge is 0.354 e. The maximum Gasteiger partial charge on any atom is 0.224 e. The summed E-state index contributed by atoms with van der Waals surface area (Å²) in [5.41, 5.74) is 1.28. The molecule has 1 aromatic carbocycles. The minimum absolute atomic E-state index is 0.336. The van der Waals surface area contributed by atoms with Crippen molar-refractivity contribution in [2.45, 2.75) is 13.8 Å². The van der Waals surface area contributed by atoms with Gasteiger partial charge in [0.25, 0.3) is 0 Å². The first kappa shape index (κ1) is 13.5. The van der Waals surface area contributed by atoms with Crippen molar-refractivity contribution in [3.63, 3.8) is 0 Å². The number of aryl methyl sites for hydroxylation is 1. The maximum atomic E-state index is 13.7. The van der Waals surface area contributed by atoms with Crippen LogP contribution in [0.5, 0.6) is 0 Å². The van der Waals surface area contributed by atoms with E-state index >= 15 is 0 Å². The quantitative estimate of drug-likeness (QED) is 0.895. The average Bonchev–Trinajstić information content (AvgIpc) is 2.38. The minimum Gasteiger partial charge on any atom is -0.354 e. The second kappa shape index (κ2) is 5.84. The van der Waals surface area contributed by atoms with Crippen molar-refractivity contribution >= 4 is 29.1 Å². The van der Waals surface area contributed by atoms with Crippen molar-refractivity contribution in [2.75, 3.05) is 17.2 Å². The van der Waals surface area contributed by atoms with Gasteiger partial charge in [0.15, 0.2) is 5.82 Å². The highest BCUT2D eigenvalue weighted by molar-refractivity contribution is 6.32. The second-order valence-corrected chi connectivity index (χ2v) is 4.44. The molecule has 2 rings (SSSR count). The monoisotopic (exact) mass is 280 g/mol. The number of anilines is 3. The fourth-order valence-corrected chi connectivity index (χ4v) is 1.70. The van der Waals surface area contributed by atoms with E-state index in [9.17, 15) is 4.39 Å². The smallest absolute Gasteiger partial charge is 0.224 e. The molecule has 0 amide bonds. The van der Waals surface area contributed by atoms with E-state index < -0.39 is 0 Å². The molecular formula is C13H14ClFN4. The van der Waals surface area contributed by atoms with Gasteiger partial charge >= 0.3 is 0 Å². The van der Waals surface area contributed by atoms with Crippen LogP contribution in [-0.2, 0) is 0 Å². The fourth-order valence-electron chi connectivity index (χ4n) is 1.56. The normalized spacial score (nSPS) is 10.3. The Balaban J connectivity index is 2.31. The molecule has 1 aromatic heterocycles. The van der Waals surface area contributed by atoms with E-state index in [2.05, 4.69) is 20.6 Å². The molecule has 0 bridgehead atoms. The third-order valence-corrected chi connectivity index (χ3v) is 2.73. The summed E-state index contributed by atoms with van der Waals surface area (Å²) >= 11 is 6.00. The first-order chi connectivity index (χ1) is 9.10. The van der Waals surface area contributed by atoms with Gasteiger partial charge in [-0.05, 0) is 31.5 Å². The van der Waals surface area contributed by atoms with Crippen molar-refractivity contribution in [3.8, 4) is 0 Å². The van der Waals surface area contributed by atoms with E-state index in [1.807, 2.05) is 13.8 Å². The van der Waals surface area contributed by atoms with Crippen LogP contribution in [0.15, 0.2) is 24.4 Å². The van der Waals surface area contributed by atoms with Gasteiger partial charge in [0.2, 0.25) is 5.95 Å². The Bertz CT molecular complexity index is 589. The van der Waals surface area contributed by atoms with Gasteiger partial charge in [-0.15, -0.1) is 0 Å². The Kier molecular flexibility index (Phi) is 4.16. The molecule has 2 aromatic rings. The molecule has 0 aliphatic carbocycles. The molecule has 100 valence electrons. The molecule has 0 aliphatic rings. The van der Waals surface area contributed by atoms with Crippen LogP contribution in [0.3, 0.4) is 0 Å². The van der Waals surface area contributed by atoms with Gasteiger partial charge in [-0.2, -0.15) is 4.98 Å². The molecule has 0 radical (unpaired) electrons. The second-order valence-electron chi connectivity index (χ2n) is 4.03. The van der Waals surface area contributed by atoms with Gasteiger partial charge in [-0.1, -0.05) is 17.7 Å². The Morgan fingerprint density at radius 2 is 2.16 bits per heavy atom. The van der Waals surface area contributed by atoms with E-state index in [0.717, 1.165) is 5.56 Å². The first-order valence-electron chi connectivity index (χ1n) is 5.89. The van der Waals surface area contributed by atoms with Crippen LogP contribution in [0.1, 0.15) is 12.5 Å². The summed E-state index contributed by atoms with van der Waals surface area (Å²) in [5, 5.41) is 6.19. The number of halogens is 2. The molecule has 0 spiro atoms. The predicted octanol–water partition coefficient (Wildman–Crippen LogP) is 3.75. The van der Waals surface area contributed by atoms with Gasteiger partial charge < -0.3 is 10.6 Å². The lowest BCUT2D eigenvalue weighted by atomic mass is 10.2. The molecule has 1 heterocycles. The number of aromatic nitrogens is 2. The summed E-state index contributed by atoms with van der Waals surface area (Å²) in [6.07, 6.45) is 1.47. The molecule has 0 saturated carbocycles. The average molecular weight is 281 g/mol. The Morgan fingerprint density at radius 1 is 1.37 bits per heavy atom. The summed E-state index contributed by atoms with van der Waals surface area (Å²) in [5.74, 6) is 0.463. The highest BCUT2D eigenvalue weighted by Crippen LogP contribution is 2.25. The third-order valence-electron chi connectivity index (χ3n) is 2.45. The topological polar surface area (TPSA) is 49.8 Å². The minimum atomic E-state index is -0.356. The van der Waals surface area contributed by atoms with E-state index in [1.54, 1.807) is 12.1 Å². The molecular weight excluding hydrogens is 267 g/mol. The summed E-state index contributed by atoms with van der Waals surface area (Å²) in [6, 6.07) is 4.80. The standard InChI is InChI=1S/C13H14ClFN4/c1-3-16-13-17-7-9(14)12(19-13)18-11-6-8(2)4-5-10(11)15/h4-7H,3H2,1-2H3,(H2,16,17,18,19). The van der Waals surface area contributed by atoms with Crippen molar-refractivity contribution < 1.29 is 4.39 Å². The first-order valence-corrected chi connectivity index (χ1v) is 6.27. The van der Waals surface area contributed by atoms with Crippen LogP contribution in [0.25, 0.3) is 0 Å². The van der Waals surface area contributed by atoms with Crippen LogP contribution in [0, 0.1) is 12.7 Å². The molecule has 0 unspecified atom stereocenters. The number of hydrogen-bond acceptors (Lipinski definition) is 4. The van der Waals surface area contributed by atoms with Crippen LogP contribution in [-0.4, -0.2) is 16.5 Å². The zero-order valence-electron chi connectivity index (χ0n) is 10.7. The maximum absolute atomic E-state index is 13.7. The number of rotatable bonds is 4.